The molecule has 34 heavy (non-hydrogen) atoms. The van der Waals surface area contributed by atoms with Gasteiger partial charge in [-0.25, -0.2) is 4.79 Å². The first kappa shape index (κ1) is 22.4. The molecule has 2 aromatic rings. The lowest BCUT2D eigenvalue weighted by molar-refractivity contribution is -0.139. The van der Waals surface area contributed by atoms with Gasteiger partial charge in [-0.05, 0) is 54.4 Å². The van der Waals surface area contributed by atoms with Gasteiger partial charge in [0.1, 0.15) is 6.61 Å². The number of carboxylic acid groups (broad SMARTS) is 1. The number of carbonyl (C=O) groups is 3. The van der Waals surface area contributed by atoms with Gasteiger partial charge in [0.05, 0.1) is 5.92 Å². The number of nitrogens with zero attached hydrogens (tertiary/aromatic N) is 1. The molecular weight excluding hydrogens is 432 g/mol. The summed E-state index contributed by atoms with van der Waals surface area (Å²) in [4.78, 5) is 38.5. The van der Waals surface area contributed by atoms with E-state index in [9.17, 15) is 19.5 Å². The zero-order valence-electron chi connectivity index (χ0n) is 19.5. The minimum atomic E-state index is -0.785. The molecule has 7 nitrogen and oxygen atoms in total. The molecule has 0 spiro atoms. The number of likely N-dealkylation sites (tertiary alicyclic amines) is 1. The highest BCUT2D eigenvalue weighted by molar-refractivity contribution is 5.81. The van der Waals surface area contributed by atoms with Crippen molar-refractivity contribution in [1.82, 2.24) is 10.2 Å². The predicted molar refractivity (Wildman–Crippen MR) is 126 cm³/mol. The van der Waals surface area contributed by atoms with Crippen LogP contribution in [0.15, 0.2) is 48.5 Å². The fraction of sp³-hybridized carbons (Fsp3) is 0.444. The van der Waals surface area contributed by atoms with Crippen molar-refractivity contribution < 1.29 is 24.2 Å². The first-order chi connectivity index (χ1) is 16.2. The molecule has 2 aromatic carbocycles. The number of fused-ring (bicyclic) bond motifs is 4. The summed E-state index contributed by atoms with van der Waals surface area (Å²) in [5.74, 6) is -0.906. The maximum absolute atomic E-state index is 12.9. The molecule has 1 aliphatic heterocycles. The van der Waals surface area contributed by atoms with Crippen LogP contribution in [0.5, 0.6) is 0 Å². The zero-order chi connectivity index (χ0) is 24.0. The number of amides is 2. The molecule has 1 saturated heterocycles. The van der Waals surface area contributed by atoms with Crippen LogP contribution in [-0.2, 0) is 14.3 Å². The molecule has 5 rings (SSSR count). The minimum Gasteiger partial charge on any atom is -0.481 e. The van der Waals surface area contributed by atoms with E-state index in [1.54, 1.807) is 18.7 Å². The summed E-state index contributed by atoms with van der Waals surface area (Å²) in [5.41, 5.74) is 3.85. The van der Waals surface area contributed by atoms with Gasteiger partial charge in [-0.1, -0.05) is 48.5 Å². The monoisotopic (exact) mass is 462 g/mol. The van der Waals surface area contributed by atoms with Gasteiger partial charge in [0.15, 0.2) is 0 Å². The molecule has 3 atom stereocenters. The largest absolute Gasteiger partial charge is 0.481 e. The molecule has 3 aliphatic rings. The van der Waals surface area contributed by atoms with Crippen molar-refractivity contribution >= 4 is 18.0 Å². The van der Waals surface area contributed by atoms with Gasteiger partial charge >= 0.3 is 12.1 Å². The van der Waals surface area contributed by atoms with Crippen molar-refractivity contribution in [3.63, 3.8) is 0 Å². The summed E-state index contributed by atoms with van der Waals surface area (Å²) in [5, 5.41) is 12.1. The highest BCUT2D eigenvalue weighted by atomic mass is 16.5. The number of ether oxygens (including phenoxy) is 1. The molecule has 1 saturated carbocycles. The van der Waals surface area contributed by atoms with Crippen LogP contribution in [-0.4, -0.2) is 53.2 Å². The molecule has 178 valence electrons. The number of hydrogen-bond acceptors (Lipinski definition) is 4. The van der Waals surface area contributed by atoms with Crippen molar-refractivity contribution in [3.8, 4) is 11.1 Å². The van der Waals surface area contributed by atoms with E-state index in [0.29, 0.717) is 13.1 Å². The molecule has 0 radical (unpaired) electrons. The molecular formula is C27H30N2O5. The van der Waals surface area contributed by atoms with Crippen molar-refractivity contribution in [3.05, 3.63) is 59.7 Å². The average Bonchev–Trinajstić information content (AvgIpc) is 3.44. The van der Waals surface area contributed by atoms with Crippen LogP contribution in [0.4, 0.5) is 4.79 Å². The van der Waals surface area contributed by atoms with Crippen LogP contribution in [0.2, 0.25) is 0 Å². The first-order valence-electron chi connectivity index (χ1n) is 11.9. The summed E-state index contributed by atoms with van der Waals surface area (Å²) < 4.78 is 5.63. The van der Waals surface area contributed by atoms with Crippen molar-refractivity contribution in [2.24, 2.45) is 17.8 Å². The Morgan fingerprint density at radius 3 is 2.26 bits per heavy atom. The van der Waals surface area contributed by atoms with E-state index < -0.39 is 17.6 Å². The molecule has 2 aliphatic carbocycles. The molecule has 0 aromatic heterocycles. The van der Waals surface area contributed by atoms with E-state index in [0.717, 1.165) is 17.5 Å². The smallest absolute Gasteiger partial charge is 0.407 e. The first-order valence-corrected chi connectivity index (χ1v) is 11.9. The second kappa shape index (κ2) is 8.46. The minimum absolute atomic E-state index is 0.0232. The lowest BCUT2D eigenvalue weighted by Crippen LogP contribution is -2.49. The van der Waals surface area contributed by atoms with Gasteiger partial charge in [0.2, 0.25) is 5.91 Å². The number of carbonyl (C=O) groups excluding carboxylic acids is 2. The summed E-state index contributed by atoms with van der Waals surface area (Å²) in [6, 6.07) is 16.3. The molecule has 7 heteroatoms. The summed E-state index contributed by atoms with van der Waals surface area (Å²) in [7, 11) is 0. The Morgan fingerprint density at radius 1 is 1.03 bits per heavy atom. The fourth-order valence-corrected chi connectivity index (χ4v) is 5.78. The van der Waals surface area contributed by atoms with Crippen LogP contribution in [0, 0.1) is 17.8 Å². The van der Waals surface area contributed by atoms with Crippen LogP contribution >= 0.6 is 0 Å². The van der Waals surface area contributed by atoms with E-state index in [1.165, 1.54) is 11.1 Å². The van der Waals surface area contributed by atoms with E-state index in [1.807, 2.05) is 24.3 Å². The van der Waals surface area contributed by atoms with Crippen molar-refractivity contribution in [2.45, 2.75) is 38.1 Å². The maximum atomic E-state index is 12.9. The molecule has 1 heterocycles. The Kier molecular flexibility index (Phi) is 5.58. The van der Waals surface area contributed by atoms with Gasteiger partial charge < -0.3 is 20.1 Å². The maximum Gasteiger partial charge on any atom is 0.407 e. The van der Waals surface area contributed by atoms with Crippen LogP contribution in [0.1, 0.15) is 43.7 Å². The van der Waals surface area contributed by atoms with Crippen molar-refractivity contribution in [2.75, 3.05) is 19.7 Å². The third-order valence-electron chi connectivity index (χ3n) is 7.51. The third kappa shape index (κ3) is 4.15. The molecule has 1 unspecified atom stereocenters. The topological polar surface area (TPSA) is 95.9 Å². The molecule has 2 N–H and O–H groups in total. The summed E-state index contributed by atoms with van der Waals surface area (Å²) >= 11 is 0. The third-order valence-corrected chi connectivity index (χ3v) is 7.51. The highest BCUT2D eigenvalue weighted by Gasteiger charge is 2.57. The lowest BCUT2D eigenvalue weighted by Gasteiger charge is -2.31. The fourth-order valence-electron chi connectivity index (χ4n) is 5.78. The van der Waals surface area contributed by atoms with Gasteiger partial charge in [0, 0.05) is 31.0 Å². The Balaban J connectivity index is 1.16. The number of rotatable bonds is 6. The van der Waals surface area contributed by atoms with Crippen molar-refractivity contribution in [1.29, 1.82) is 0 Å². The highest BCUT2D eigenvalue weighted by Crippen LogP contribution is 2.51. The summed E-state index contributed by atoms with van der Waals surface area (Å²) in [6.45, 7) is 4.88. The van der Waals surface area contributed by atoms with Gasteiger partial charge in [-0.2, -0.15) is 0 Å². The van der Waals surface area contributed by atoms with E-state index in [-0.39, 0.29) is 42.6 Å². The number of hydrogen-bond donors (Lipinski definition) is 2. The van der Waals surface area contributed by atoms with E-state index in [2.05, 4.69) is 29.6 Å². The van der Waals surface area contributed by atoms with Crippen LogP contribution in [0.3, 0.4) is 0 Å². The Morgan fingerprint density at radius 2 is 1.65 bits per heavy atom. The van der Waals surface area contributed by atoms with Crippen LogP contribution in [0.25, 0.3) is 11.1 Å². The second-order valence-electron chi connectivity index (χ2n) is 10.3. The Labute approximate surface area is 199 Å². The molecule has 2 fully saturated rings. The Bertz CT molecular complexity index is 1100. The van der Waals surface area contributed by atoms with Gasteiger partial charge in [-0.3, -0.25) is 9.59 Å². The van der Waals surface area contributed by atoms with Gasteiger partial charge in [0.25, 0.3) is 0 Å². The van der Waals surface area contributed by atoms with E-state index in [4.69, 9.17) is 4.74 Å². The SMILES string of the molecule is CC(C)(CC(=O)N1CC[C@@H]2C(C(=O)O)[C@@H]2C1)NC(=O)OCC1c2ccccc2-c2ccccc21. The molecule has 0 bridgehead atoms. The normalized spacial score (nSPS) is 22.9. The van der Waals surface area contributed by atoms with E-state index >= 15 is 0 Å². The quantitative estimate of drug-likeness (QED) is 0.679. The number of alkyl carbamates (subject to hydrolysis) is 1. The predicted octanol–water partition coefficient (Wildman–Crippen LogP) is 3.87. The lowest BCUT2D eigenvalue weighted by atomic mass is 9.98. The average molecular weight is 463 g/mol. The zero-order valence-corrected chi connectivity index (χ0v) is 19.5. The summed E-state index contributed by atoms with van der Waals surface area (Å²) in [6.07, 6.45) is 0.312. The number of aliphatic carboxylic acids is 1. The van der Waals surface area contributed by atoms with Gasteiger partial charge in [-0.15, -0.1) is 0 Å². The number of carboxylic acids is 1. The Hall–Kier alpha value is -3.35. The standard InChI is InChI=1S/C27H30N2O5/c1-27(2,13-23(30)29-12-11-20-21(14-29)24(20)25(31)32)28-26(33)34-15-22-18-9-5-3-7-16(18)17-8-4-6-10-19(17)22/h3-10,20-22,24H,11-15H2,1-2H3,(H,28,33)(H,31,32)/t20-,21+,24?/m0/s1. The number of nitrogens with one attached hydrogen (secondary N) is 1. The number of benzene rings is 2. The molecule has 2 amide bonds. The second-order valence-corrected chi connectivity index (χ2v) is 10.3. The van der Waals surface area contributed by atoms with Crippen LogP contribution < -0.4 is 5.32 Å². The number of piperidine rings is 1.